The molecule has 0 spiro atoms. The Bertz CT molecular complexity index is 1010. The maximum Gasteiger partial charge on any atom is 0.410 e. The minimum absolute atomic E-state index is 0.0217. The number of carboxylic acids is 1. The number of carbonyl (C=O) groups is 3. The SMILES string of the molecule is C=CCOC(=O)N1C[C@@H](NC(=O)OCC2c3ccccc3-c3ccccc32)C[C@@H]1C(=O)O. The molecule has 4 rings (SSSR count). The van der Waals surface area contributed by atoms with E-state index in [1.54, 1.807) is 0 Å². The molecule has 1 aliphatic heterocycles. The van der Waals surface area contributed by atoms with Crippen molar-refractivity contribution < 1.29 is 29.0 Å². The van der Waals surface area contributed by atoms with E-state index < -0.39 is 30.2 Å². The standard InChI is InChI=1S/C24H24N2O6/c1-2-11-31-24(30)26-13-15(12-21(26)22(27)28)25-23(29)32-14-20-18-9-5-3-7-16(18)17-8-4-6-10-19(17)20/h2-10,15,20-21H,1,11-14H2,(H,25,29)(H,27,28)/t15-,21+/m0/s1. The van der Waals surface area contributed by atoms with Crippen LogP contribution in [0, 0.1) is 0 Å². The van der Waals surface area contributed by atoms with Crippen molar-refractivity contribution in [1.29, 1.82) is 0 Å². The summed E-state index contributed by atoms with van der Waals surface area (Å²) in [7, 11) is 0. The molecule has 2 aliphatic rings. The van der Waals surface area contributed by atoms with Gasteiger partial charge in [-0.1, -0.05) is 61.2 Å². The van der Waals surface area contributed by atoms with Gasteiger partial charge in [0.2, 0.25) is 0 Å². The number of aliphatic carboxylic acids is 1. The van der Waals surface area contributed by atoms with E-state index in [0.717, 1.165) is 27.2 Å². The van der Waals surface area contributed by atoms with Gasteiger partial charge in [0.15, 0.2) is 0 Å². The van der Waals surface area contributed by atoms with E-state index in [1.807, 2.05) is 36.4 Å². The molecule has 0 radical (unpaired) electrons. The summed E-state index contributed by atoms with van der Waals surface area (Å²) in [6.45, 7) is 3.62. The second kappa shape index (κ2) is 9.13. The Labute approximate surface area is 185 Å². The van der Waals surface area contributed by atoms with E-state index in [1.165, 1.54) is 6.08 Å². The summed E-state index contributed by atoms with van der Waals surface area (Å²) >= 11 is 0. The third kappa shape index (κ3) is 4.16. The predicted molar refractivity (Wildman–Crippen MR) is 116 cm³/mol. The molecule has 0 unspecified atom stereocenters. The van der Waals surface area contributed by atoms with Gasteiger partial charge in [0.1, 0.15) is 19.3 Å². The quantitative estimate of drug-likeness (QED) is 0.673. The van der Waals surface area contributed by atoms with Gasteiger partial charge in [-0.25, -0.2) is 14.4 Å². The fourth-order valence-corrected chi connectivity index (χ4v) is 4.40. The first-order chi connectivity index (χ1) is 15.5. The molecular weight excluding hydrogens is 412 g/mol. The summed E-state index contributed by atoms with van der Waals surface area (Å²) in [6, 6.07) is 14.4. The number of rotatable bonds is 6. The molecule has 166 valence electrons. The number of carboxylic acid groups (broad SMARTS) is 1. The number of carbonyl (C=O) groups excluding carboxylic acids is 2. The Hall–Kier alpha value is -3.81. The Morgan fingerprint density at radius 1 is 1.06 bits per heavy atom. The number of alkyl carbamates (subject to hydrolysis) is 1. The van der Waals surface area contributed by atoms with Gasteiger partial charge in [0.25, 0.3) is 0 Å². The molecule has 0 aromatic heterocycles. The van der Waals surface area contributed by atoms with Crippen molar-refractivity contribution in [2.45, 2.75) is 24.4 Å². The first-order valence-electron chi connectivity index (χ1n) is 10.4. The Morgan fingerprint density at radius 3 is 2.28 bits per heavy atom. The highest BCUT2D eigenvalue weighted by Crippen LogP contribution is 2.44. The molecule has 2 aromatic rings. The van der Waals surface area contributed by atoms with Crippen molar-refractivity contribution in [1.82, 2.24) is 10.2 Å². The average Bonchev–Trinajstić information content (AvgIpc) is 3.36. The van der Waals surface area contributed by atoms with E-state index in [4.69, 9.17) is 9.47 Å². The number of benzene rings is 2. The first-order valence-corrected chi connectivity index (χ1v) is 10.4. The van der Waals surface area contributed by atoms with Gasteiger partial charge >= 0.3 is 18.2 Å². The summed E-state index contributed by atoms with van der Waals surface area (Å²) in [5.74, 6) is -1.23. The second-order valence-electron chi connectivity index (χ2n) is 7.77. The van der Waals surface area contributed by atoms with Gasteiger partial charge in [-0.2, -0.15) is 0 Å². The molecule has 2 atom stereocenters. The van der Waals surface area contributed by atoms with Crippen LogP contribution in [0.2, 0.25) is 0 Å². The van der Waals surface area contributed by atoms with Crippen LogP contribution in [0.5, 0.6) is 0 Å². The number of hydrogen-bond donors (Lipinski definition) is 2. The monoisotopic (exact) mass is 436 g/mol. The van der Waals surface area contributed by atoms with Gasteiger partial charge in [-0.3, -0.25) is 4.90 Å². The molecule has 2 N–H and O–H groups in total. The maximum absolute atomic E-state index is 12.5. The molecule has 8 heteroatoms. The van der Waals surface area contributed by atoms with Crippen LogP contribution in [0.1, 0.15) is 23.5 Å². The van der Waals surface area contributed by atoms with Gasteiger partial charge in [0, 0.05) is 18.9 Å². The van der Waals surface area contributed by atoms with E-state index in [-0.39, 0.29) is 32.1 Å². The predicted octanol–water partition coefficient (Wildman–Crippen LogP) is 3.38. The number of nitrogens with zero attached hydrogens (tertiary/aromatic N) is 1. The molecule has 32 heavy (non-hydrogen) atoms. The third-order valence-corrected chi connectivity index (χ3v) is 5.81. The Kier molecular flexibility index (Phi) is 6.11. The summed E-state index contributed by atoms with van der Waals surface area (Å²) < 4.78 is 10.5. The number of likely N-dealkylation sites (tertiary alicyclic amines) is 1. The van der Waals surface area contributed by atoms with Gasteiger partial charge < -0.3 is 19.9 Å². The molecule has 1 heterocycles. The smallest absolute Gasteiger partial charge is 0.410 e. The molecule has 1 fully saturated rings. The number of amides is 2. The lowest BCUT2D eigenvalue weighted by molar-refractivity contribution is -0.141. The third-order valence-electron chi connectivity index (χ3n) is 5.81. The van der Waals surface area contributed by atoms with Crippen LogP contribution in [0.15, 0.2) is 61.2 Å². The Balaban J connectivity index is 1.38. The second-order valence-corrected chi connectivity index (χ2v) is 7.77. The zero-order chi connectivity index (χ0) is 22.7. The van der Waals surface area contributed by atoms with E-state index in [2.05, 4.69) is 24.0 Å². The highest BCUT2D eigenvalue weighted by Gasteiger charge is 2.41. The van der Waals surface area contributed by atoms with Crippen molar-refractivity contribution in [2.24, 2.45) is 0 Å². The fraction of sp³-hybridized carbons (Fsp3) is 0.292. The van der Waals surface area contributed by atoms with Gasteiger partial charge in [-0.05, 0) is 22.3 Å². The summed E-state index contributed by atoms with van der Waals surface area (Å²) in [6.07, 6.45) is 0.0650. The molecule has 1 saturated heterocycles. The van der Waals surface area contributed by atoms with Crippen LogP contribution in [0.3, 0.4) is 0 Å². The minimum atomic E-state index is -1.16. The molecule has 2 amide bonds. The Morgan fingerprint density at radius 2 is 1.69 bits per heavy atom. The molecule has 0 saturated carbocycles. The lowest BCUT2D eigenvalue weighted by Crippen LogP contribution is -2.42. The van der Waals surface area contributed by atoms with Crippen LogP contribution in [0.4, 0.5) is 9.59 Å². The summed E-state index contributed by atoms with van der Waals surface area (Å²) in [5.41, 5.74) is 4.46. The van der Waals surface area contributed by atoms with Crippen LogP contribution in [0.25, 0.3) is 11.1 Å². The van der Waals surface area contributed by atoms with Gasteiger partial charge in [-0.15, -0.1) is 0 Å². The number of hydrogen-bond acceptors (Lipinski definition) is 5. The molecule has 8 nitrogen and oxygen atoms in total. The largest absolute Gasteiger partial charge is 0.480 e. The summed E-state index contributed by atoms with van der Waals surface area (Å²) in [5, 5.41) is 12.1. The number of nitrogens with one attached hydrogen (secondary N) is 1. The lowest BCUT2D eigenvalue weighted by atomic mass is 9.98. The molecule has 1 aliphatic carbocycles. The minimum Gasteiger partial charge on any atom is -0.480 e. The lowest BCUT2D eigenvalue weighted by Gasteiger charge is -2.20. The van der Waals surface area contributed by atoms with E-state index in [9.17, 15) is 19.5 Å². The van der Waals surface area contributed by atoms with Crippen LogP contribution in [-0.4, -0.2) is 60.0 Å². The highest BCUT2D eigenvalue weighted by atomic mass is 16.6. The average molecular weight is 436 g/mol. The molecule has 2 aromatic carbocycles. The fourth-order valence-electron chi connectivity index (χ4n) is 4.40. The van der Waals surface area contributed by atoms with Crippen LogP contribution >= 0.6 is 0 Å². The number of ether oxygens (including phenoxy) is 2. The molecule has 0 bridgehead atoms. The normalized spacial score (nSPS) is 19.1. The van der Waals surface area contributed by atoms with Crippen molar-refractivity contribution in [3.8, 4) is 11.1 Å². The topological polar surface area (TPSA) is 105 Å². The number of fused-ring (bicyclic) bond motifs is 3. The van der Waals surface area contributed by atoms with E-state index in [0.29, 0.717) is 0 Å². The van der Waals surface area contributed by atoms with Crippen molar-refractivity contribution >= 4 is 18.2 Å². The highest BCUT2D eigenvalue weighted by molar-refractivity contribution is 5.81. The zero-order valence-electron chi connectivity index (χ0n) is 17.4. The maximum atomic E-state index is 12.5. The van der Waals surface area contributed by atoms with Crippen molar-refractivity contribution in [2.75, 3.05) is 19.8 Å². The van der Waals surface area contributed by atoms with Gasteiger partial charge in [0.05, 0.1) is 6.04 Å². The van der Waals surface area contributed by atoms with Crippen LogP contribution in [-0.2, 0) is 14.3 Å². The van der Waals surface area contributed by atoms with Crippen molar-refractivity contribution in [3.63, 3.8) is 0 Å². The first kappa shape index (κ1) is 21.4. The zero-order valence-corrected chi connectivity index (χ0v) is 17.4. The van der Waals surface area contributed by atoms with Crippen molar-refractivity contribution in [3.05, 3.63) is 72.3 Å². The summed E-state index contributed by atoms with van der Waals surface area (Å²) in [4.78, 5) is 37.2. The van der Waals surface area contributed by atoms with Crippen LogP contribution < -0.4 is 5.32 Å². The molecular formula is C24H24N2O6. The van der Waals surface area contributed by atoms with E-state index >= 15 is 0 Å².